The summed E-state index contributed by atoms with van der Waals surface area (Å²) in [6.45, 7) is 2.46. The molecule has 2 aromatic rings. The SMILES string of the molecule is Cc1cc2c(c(-c3ncccc3C(N)=O)c1)O[C@H](CN)C2. The minimum atomic E-state index is -0.498. The van der Waals surface area contributed by atoms with Crippen LogP contribution >= 0.6 is 0 Å². The third-order valence-corrected chi connectivity index (χ3v) is 3.63. The molecule has 4 N–H and O–H groups in total. The van der Waals surface area contributed by atoms with Crippen molar-refractivity contribution in [2.75, 3.05) is 6.54 Å². The predicted molar refractivity (Wildman–Crippen MR) is 80.1 cm³/mol. The average Bonchev–Trinajstić information content (AvgIpc) is 2.89. The molecule has 1 atom stereocenters. The number of ether oxygens (including phenoxy) is 1. The summed E-state index contributed by atoms with van der Waals surface area (Å²) < 4.78 is 5.91. The van der Waals surface area contributed by atoms with E-state index < -0.39 is 5.91 Å². The van der Waals surface area contributed by atoms with Gasteiger partial charge in [-0.15, -0.1) is 0 Å². The lowest BCUT2D eigenvalue weighted by molar-refractivity contribution is 0.100. The number of aryl methyl sites for hydroxylation is 1. The van der Waals surface area contributed by atoms with Gasteiger partial charge in [0.15, 0.2) is 0 Å². The molecular weight excluding hydrogens is 266 g/mol. The zero-order valence-electron chi connectivity index (χ0n) is 11.8. The normalized spacial score (nSPS) is 16.4. The fourth-order valence-electron chi connectivity index (χ4n) is 2.72. The number of aromatic nitrogens is 1. The van der Waals surface area contributed by atoms with E-state index in [0.29, 0.717) is 17.8 Å². The first kappa shape index (κ1) is 13.6. The fourth-order valence-corrected chi connectivity index (χ4v) is 2.72. The van der Waals surface area contributed by atoms with Crippen molar-refractivity contribution in [1.29, 1.82) is 0 Å². The maximum Gasteiger partial charge on any atom is 0.250 e. The Labute approximate surface area is 122 Å². The van der Waals surface area contributed by atoms with E-state index in [9.17, 15) is 4.79 Å². The number of hydrogen-bond donors (Lipinski definition) is 2. The van der Waals surface area contributed by atoms with E-state index in [0.717, 1.165) is 28.9 Å². The van der Waals surface area contributed by atoms with Crippen LogP contribution in [-0.4, -0.2) is 23.5 Å². The Morgan fingerprint density at radius 1 is 1.48 bits per heavy atom. The van der Waals surface area contributed by atoms with Crippen molar-refractivity contribution in [1.82, 2.24) is 4.98 Å². The summed E-state index contributed by atoms with van der Waals surface area (Å²) in [5.74, 6) is 0.263. The summed E-state index contributed by atoms with van der Waals surface area (Å²) in [4.78, 5) is 15.9. The van der Waals surface area contributed by atoms with Gasteiger partial charge in [-0.05, 0) is 36.2 Å². The predicted octanol–water partition coefficient (Wildman–Crippen LogP) is 1.42. The van der Waals surface area contributed by atoms with Gasteiger partial charge in [-0.1, -0.05) is 6.07 Å². The highest BCUT2D eigenvalue weighted by molar-refractivity contribution is 5.99. The highest BCUT2D eigenvalue weighted by Crippen LogP contribution is 2.39. The van der Waals surface area contributed by atoms with E-state index in [1.807, 2.05) is 13.0 Å². The molecule has 0 unspecified atom stereocenters. The van der Waals surface area contributed by atoms with Crippen LogP contribution < -0.4 is 16.2 Å². The van der Waals surface area contributed by atoms with Crippen molar-refractivity contribution in [3.05, 3.63) is 47.2 Å². The summed E-state index contributed by atoms with van der Waals surface area (Å²) in [5.41, 5.74) is 15.1. The van der Waals surface area contributed by atoms with Gasteiger partial charge < -0.3 is 16.2 Å². The van der Waals surface area contributed by atoms with Gasteiger partial charge in [0, 0.05) is 24.7 Å². The van der Waals surface area contributed by atoms with E-state index >= 15 is 0 Å². The van der Waals surface area contributed by atoms with Crippen LogP contribution in [0.1, 0.15) is 21.5 Å². The van der Waals surface area contributed by atoms with Crippen LogP contribution in [-0.2, 0) is 6.42 Å². The summed E-state index contributed by atoms with van der Waals surface area (Å²) in [7, 11) is 0. The molecule has 2 heterocycles. The Balaban J connectivity index is 2.19. The molecule has 0 saturated heterocycles. The van der Waals surface area contributed by atoms with Crippen LogP contribution in [0.15, 0.2) is 30.5 Å². The lowest BCUT2D eigenvalue weighted by Crippen LogP contribution is -2.24. The molecular formula is C16H17N3O2. The second kappa shape index (κ2) is 5.18. The van der Waals surface area contributed by atoms with Gasteiger partial charge >= 0.3 is 0 Å². The Morgan fingerprint density at radius 2 is 2.29 bits per heavy atom. The van der Waals surface area contributed by atoms with Gasteiger partial charge in [-0.25, -0.2) is 0 Å². The fraction of sp³-hybridized carbons (Fsp3) is 0.250. The Hall–Kier alpha value is -2.40. The van der Waals surface area contributed by atoms with Gasteiger partial charge in [0.2, 0.25) is 0 Å². The lowest BCUT2D eigenvalue weighted by Gasteiger charge is -2.13. The van der Waals surface area contributed by atoms with Crippen LogP contribution in [0.2, 0.25) is 0 Å². The molecule has 5 heteroatoms. The monoisotopic (exact) mass is 283 g/mol. The molecule has 1 aromatic carbocycles. The van der Waals surface area contributed by atoms with E-state index in [4.69, 9.17) is 16.2 Å². The maximum atomic E-state index is 11.6. The second-order valence-electron chi connectivity index (χ2n) is 5.24. The standard InChI is InChI=1S/C16H17N3O2/c1-9-5-10-7-11(8-17)21-15(10)13(6-9)14-12(16(18)20)3-2-4-19-14/h2-6,11H,7-8,17H2,1H3,(H2,18,20)/t11-/m0/s1. The molecule has 5 nitrogen and oxygen atoms in total. The van der Waals surface area contributed by atoms with Crippen molar-refractivity contribution in [3.63, 3.8) is 0 Å². The van der Waals surface area contributed by atoms with Crippen molar-refractivity contribution in [2.45, 2.75) is 19.4 Å². The van der Waals surface area contributed by atoms with Crippen molar-refractivity contribution in [2.24, 2.45) is 11.5 Å². The maximum absolute atomic E-state index is 11.6. The van der Waals surface area contributed by atoms with Crippen molar-refractivity contribution >= 4 is 5.91 Å². The molecule has 21 heavy (non-hydrogen) atoms. The molecule has 0 fully saturated rings. The molecule has 0 spiro atoms. The lowest BCUT2D eigenvalue weighted by atomic mass is 9.98. The summed E-state index contributed by atoms with van der Waals surface area (Å²) in [5, 5.41) is 0. The summed E-state index contributed by atoms with van der Waals surface area (Å²) >= 11 is 0. The van der Waals surface area contributed by atoms with Crippen molar-refractivity contribution < 1.29 is 9.53 Å². The molecule has 3 rings (SSSR count). The smallest absolute Gasteiger partial charge is 0.250 e. The van der Waals surface area contributed by atoms with Crippen LogP contribution in [0.3, 0.4) is 0 Å². The number of fused-ring (bicyclic) bond motifs is 1. The van der Waals surface area contributed by atoms with Crippen LogP contribution in [0.4, 0.5) is 0 Å². The van der Waals surface area contributed by atoms with E-state index in [-0.39, 0.29) is 6.10 Å². The largest absolute Gasteiger partial charge is 0.488 e. The third kappa shape index (κ3) is 2.36. The second-order valence-corrected chi connectivity index (χ2v) is 5.24. The van der Waals surface area contributed by atoms with E-state index in [2.05, 4.69) is 11.1 Å². The number of benzene rings is 1. The third-order valence-electron chi connectivity index (χ3n) is 3.63. The first-order valence-corrected chi connectivity index (χ1v) is 6.85. The molecule has 0 bridgehead atoms. The molecule has 1 aliphatic rings. The minimum absolute atomic E-state index is 0.0266. The zero-order chi connectivity index (χ0) is 15.0. The van der Waals surface area contributed by atoms with Crippen LogP contribution in [0.25, 0.3) is 11.3 Å². The van der Waals surface area contributed by atoms with Crippen LogP contribution in [0, 0.1) is 6.92 Å². The Bertz CT molecular complexity index is 713. The number of pyridine rings is 1. The molecule has 0 radical (unpaired) electrons. The Morgan fingerprint density at radius 3 is 3.00 bits per heavy atom. The number of primary amides is 1. The quantitative estimate of drug-likeness (QED) is 0.891. The molecule has 0 saturated carbocycles. The molecule has 108 valence electrons. The van der Waals surface area contributed by atoms with Crippen molar-refractivity contribution in [3.8, 4) is 17.0 Å². The number of hydrogen-bond acceptors (Lipinski definition) is 4. The number of nitrogens with two attached hydrogens (primary N) is 2. The molecule has 1 aromatic heterocycles. The van der Waals surface area contributed by atoms with Gasteiger partial charge in [0.05, 0.1) is 11.3 Å². The number of carbonyl (C=O) groups is 1. The van der Waals surface area contributed by atoms with Gasteiger partial charge in [0.25, 0.3) is 5.91 Å². The first-order chi connectivity index (χ1) is 10.1. The van der Waals surface area contributed by atoms with Gasteiger partial charge in [-0.3, -0.25) is 9.78 Å². The minimum Gasteiger partial charge on any atom is -0.488 e. The number of amides is 1. The molecule has 0 aliphatic carbocycles. The number of carbonyl (C=O) groups excluding carboxylic acids is 1. The van der Waals surface area contributed by atoms with Crippen LogP contribution in [0.5, 0.6) is 5.75 Å². The first-order valence-electron chi connectivity index (χ1n) is 6.85. The number of nitrogens with zero attached hydrogens (tertiary/aromatic N) is 1. The number of rotatable bonds is 3. The van der Waals surface area contributed by atoms with E-state index in [1.165, 1.54) is 0 Å². The molecule has 1 aliphatic heterocycles. The summed E-state index contributed by atoms with van der Waals surface area (Å²) in [6, 6.07) is 7.42. The van der Waals surface area contributed by atoms with Gasteiger partial charge in [-0.2, -0.15) is 0 Å². The van der Waals surface area contributed by atoms with E-state index in [1.54, 1.807) is 18.3 Å². The highest BCUT2D eigenvalue weighted by atomic mass is 16.5. The zero-order valence-corrected chi connectivity index (χ0v) is 11.8. The highest BCUT2D eigenvalue weighted by Gasteiger charge is 2.27. The average molecular weight is 283 g/mol. The Kier molecular flexibility index (Phi) is 3.35. The topological polar surface area (TPSA) is 91.2 Å². The summed E-state index contributed by atoms with van der Waals surface area (Å²) in [6.07, 6.45) is 2.40. The molecule has 1 amide bonds. The van der Waals surface area contributed by atoms with Gasteiger partial charge in [0.1, 0.15) is 11.9 Å².